The van der Waals surface area contributed by atoms with Crippen molar-refractivity contribution in [2.75, 3.05) is 0 Å². The summed E-state index contributed by atoms with van der Waals surface area (Å²) in [5, 5.41) is 0. The number of fused-ring (bicyclic) bond motifs is 1. The van der Waals surface area contributed by atoms with Gasteiger partial charge < -0.3 is 0 Å². The fourth-order valence-electron chi connectivity index (χ4n) is 3.22. The van der Waals surface area contributed by atoms with Crippen LogP contribution in [0.1, 0.15) is 51.4 Å². The summed E-state index contributed by atoms with van der Waals surface area (Å²) in [6.07, 6.45) is 1.59. The van der Waals surface area contributed by atoms with Gasteiger partial charge in [0.25, 0.3) is 0 Å². The number of ketones is 1. The van der Waals surface area contributed by atoms with E-state index in [1.807, 2.05) is 13.0 Å². The van der Waals surface area contributed by atoms with Crippen molar-refractivity contribution < 1.29 is 4.79 Å². The Morgan fingerprint density at radius 2 is 1.58 bits per heavy atom. The molecule has 0 aromatic heterocycles. The van der Waals surface area contributed by atoms with Crippen LogP contribution in [0.25, 0.3) is 0 Å². The summed E-state index contributed by atoms with van der Waals surface area (Å²) in [6.45, 7) is 4.19. The summed E-state index contributed by atoms with van der Waals surface area (Å²) in [5.41, 5.74) is 5.96. The van der Waals surface area contributed by atoms with E-state index in [0.717, 1.165) is 17.5 Å². The molecule has 1 unspecified atom stereocenters. The third kappa shape index (κ3) is 1.99. The van der Waals surface area contributed by atoms with Gasteiger partial charge in [0, 0.05) is 17.9 Å². The van der Waals surface area contributed by atoms with Crippen molar-refractivity contribution >= 4 is 5.78 Å². The van der Waals surface area contributed by atoms with E-state index in [1.54, 1.807) is 0 Å². The second-order valence-corrected chi connectivity index (χ2v) is 5.41. The standard InChI is InChI=1S/C18H18O/c1-12-6-3-4-8-14(12)15-10-11-17(19)18-13(2)7-5-9-16(15)18/h3-9,15H,10-11H2,1-2H3. The first-order valence-electron chi connectivity index (χ1n) is 6.86. The highest BCUT2D eigenvalue weighted by molar-refractivity contribution is 6.00. The average molecular weight is 250 g/mol. The first-order chi connectivity index (χ1) is 9.18. The minimum atomic E-state index is 0.304. The molecule has 0 spiro atoms. The molecule has 3 rings (SSSR count). The van der Waals surface area contributed by atoms with Crippen molar-refractivity contribution in [2.24, 2.45) is 0 Å². The summed E-state index contributed by atoms with van der Waals surface area (Å²) in [5.74, 6) is 0.673. The number of Topliss-reactive ketones (excluding diaryl/α,β-unsaturated/α-hetero) is 1. The molecule has 96 valence electrons. The Bertz CT molecular complexity index is 640. The van der Waals surface area contributed by atoms with Crippen LogP contribution in [-0.2, 0) is 0 Å². The van der Waals surface area contributed by atoms with E-state index in [1.165, 1.54) is 16.7 Å². The summed E-state index contributed by atoms with van der Waals surface area (Å²) in [4.78, 5) is 12.2. The third-order valence-corrected chi connectivity index (χ3v) is 4.18. The normalized spacial score (nSPS) is 18.2. The van der Waals surface area contributed by atoms with Gasteiger partial charge >= 0.3 is 0 Å². The average Bonchev–Trinajstić information content (AvgIpc) is 2.40. The van der Waals surface area contributed by atoms with Gasteiger partial charge in [0.15, 0.2) is 5.78 Å². The third-order valence-electron chi connectivity index (χ3n) is 4.18. The maximum Gasteiger partial charge on any atom is 0.163 e. The monoisotopic (exact) mass is 250 g/mol. The zero-order valence-electron chi connectivity index (χ0n) is 11.4. The Hall–Kier alpha value is -1.89. The molecule has 1 heteroatoms. The molecule has 0 radical (unpaired) electrons. The molecule has 2 aromatic rings. The number of aryl methyl sites for hydroxylation is 2. The van der Waals surface area contributed by atoms with Gasteiger partial charge in [-0.3, -0.25) is 4.79 Å². The summed E-state index contributed by atoms with van der Waals surface area (Å²) >= 11 is 0. The molecule has 1 nitrogen and oxygen atoms in total. The van der Waals surface area contributed by atoms with Crippen LogP contribution in [0.15, 0.2) is 42.5 Å². The van der Waals surface area contributed by atoms with E-state index >= 15 is 0 Å². The van der Waals surface area contributed by atoms with Crippen molar-refractivity contribution in [1.29, 1.82) is 0 Å². The maximum absolute atomic E-state index is 12.2. The molecule has 0 heterocycles. The van der Waals surface area contributed by atoms with Gasteiger partial charge in [-0.05, 0) is 42.5 Å². The molecule has 2 aromatic carbocycles. The summed E-state index contributed by atoms with van der Waals surface area (Å²) in [7, 11) is 0. The molecule has 1 aliphatic carbocycles. The van der Waals surface area contributed by atoms with E-state index in [-0.39, 0.29) is 0 Å². The second kappa shape index (κ2) is 4.65. The first-order valence-corrected chi connectivity index (χ1v) is 6.86. The van der Waals surface area contributed by atoms with E-state index in [0.29, 0.717) is 18.1 Å². The zero-order valence-corrected chi connectivity index (χ0v) is 11.4. The molecule has 19 heavy (non-hydrogen) atoms. The first kappa shape index (κ1) is 12.2. The quantitative estimate of drug-likeness (QED) is 0.732. The van der Waals surface area contributed by atoms with Crippen LogP contribution in [0.4, 0.5) is 0 Å². The lowest BCUT2D eigenvalue weighted by Gasteiger charge is -2.27. The van der Waals surface area contributed by atoms with E-state index < -0.39 is 0 Å². The Balaban J connectivity index is 2.17. The number of rotatable bonds is 1. The molecular formula is C18H18O. The van der Waals surface area contributed by atoms with Gasteiger partial charge in [-0.1, -0.05) is 42.5 Å². The van der Waals surface area contributed by atoms with Gasteiger partial charge in [0.2, 0.25) is 0 Å². The van der Waals surface area contributed by atoms with Crippen LogP contribution in [-0.4, -0.2) is 5.78 Å². The Morgan fingerprint density at radius 1 is 0.895 bits per heavy atom. The van der Waals surface area contributed by atoms with Gasteiger partial charge in [-0.2, -0.15) is 0 Å². The SMILES string of the molecule is Cc1ccccc1C1CCC(=O)c2c(C)cccc21. The number of hydrogen-bond donors (Lipinski definition) is 0. The predicted octanol–water partition coefficient (Wildman–Crippen LogP) is 4.41. The van der Waals surface area contributed by atoms with Gasteiger partial charge in [0.1, 0.15) is 0 Å². The number of hydrogen-bond acceptors (Lipinski definition) is 1. The van der Waals surface area contributed by atoms with E-state index in [2.05, 4.69) is 43.3 Å². The molecule has 0 aliphatic heterocycles. The van der Waals surface area contributed by atoms with Crippen molar-refractivity contribution in [2.45, 2.75) is 32.6 Å². The molecule has 0 saturated heterocycles. The molecule has 0 bridgehead atoms. The molecule has 0 N–H and O–H groups in total. The Kier molecular flexibility index (Phi) is 2.98. The molecule has 0 fully saturated rings. The van der Waals surface area contributed by atoms with E-state index in [4.69, 9.17) is 0 Å². The minimum Gasteiger partial charge on any atom is -0.294 e. The molecule has 0 amide bonds. The van der Waals surface area contributed by atoms with Crippen molar-refractivity contribution in [1.82, 2.24) is 0 Å². The smallest absolute Gasteiger partial charge is 0.163 e. The van der Waals surface area contributed by atoms with Crippen LogP contribution >= 0.6 is 0 Å². The second-order valence-electron chi connectivity index (χ2n) is 5.41. The Labute approximate surface area is 114 Å². The largest absolute Gasteiger partial charge is 0.294 e. The lowest BCUT2D eigenvalue weighted by atomic mass is 9.76. The highest BCUT2D eigenvalue weighted by atomic mass is 16.1. The number of carbonyl (C=O) groups is 1. The van der Waals surface area contributed by atoms with Crippen LogP contribution < -0.4 is 0 Å². The fourth-order valence-corrected chi connectivity index (χ4v) is 3.22. The van der Waals surface area contributed by atoms with Crippen molar-refractivity contribution in [3.63, 3.8) is 0 Å². The van der Waals surface area contributed by atoms with Gasteiger partial charge in [-0.25, -0.2) is 0 Å². The lowest BCUT2D eigenvalue weighted by Crippen LogP contribution is -2.18. The molecule has 0 saturated carbocycles. The topological polar surface area (TPSA) is 17.1 Å². The van der Waals surface area contributed by atoms with Crippen LogP contribution in [0.3, 0.4) is 0 Å². The molecular weight excluding hydrogens is 232 g/mol. The summed E-state index contributed by atoms with van der Waals surface area (Å²) in [6, 6.07) is 14.7. The predicted molar refractivity (Wildman–Crippen MR) is 77.8 cm³/mol. The van der Waals surface area contributed by atoms with Crippen LogP contribution in [0.2, 0.25) is 0 Å². The fraction of sp³-hybridized carbons (Fsp3) is 0.278. The van der Waals surface area contributed by atoms with E-state index in [9.17, 15) is 4.79 Å². The maximum atomic E-state index is 12.2. The minimum absolute atomic E-state index is 0.304. The Morgan fingerprint density at radius 3 is 2.37 bits per heavy atom. The van der Waals surface area contributed by atoms with Crippen LogP contribution in [0, 0.1) is 13.8 Å². The van der Waals surface area contributed by atoms with Crippen molar-refractivity contribution in [3.05, 3.63) is 70.3 Å². The highest BCUT2D eigenvalue weighted by Crippen LogP contribution is 2.38. The van der Waals surface area contributed by atoms with Crippen LogP contribution in [0.5, 0.6) is 0 Å². The van der Waals surface area contributed by atoms with Gasteiger partial charge in [-0.15, -0.1) is 0 Å². The van der Waals surface area contributed by atoms with Crippen molar-refractivity contribution in [3.8, 4) is 0 Å². The summed E-state index contributed by atoms with van der Waals surface area (Å²) < 4.78 is 0. The highest BCUT2D eigenvalue weighted by Gasteiger charge is 2.28. The molecule has 1 atom stereocenters. The molecule has 1 aliphatic rings. The lowest BCUT2D eigenvalue weighted by molar-refractivity contribution is 0.0968. The number of benzene rings is 2. The number of carbonyl (C=O) groups excluding carboxylic acids is 1. The van der Waals surface area contributed by atoms with Gasteiger partial charge in [0.05, 0.1) is 0 Å². The zero-order chi connectivity index (χ0) is 13.4.